The van der Waals surface area contributed by atoms with Gasteiger partial charge in [-0.2, -0.15) is 15.0 Å². The average Bonchev–Trinajstić information content (AvgIpc) is 2.32. The Morgan fingerprint density at radius 2 is 1.78 bits per heavy atom. The Bertz CT molecular complexity index is 531. The second-order valence-corrected chi connectivity index (χ2v) is 4.67. The molecule has 0 aliphatic heterocycles. The van der Waals surface area contributed by atoms with E-state index in [0.29, 0.717) is 11.9 Å². The highest BCUT2D eigenvalue weighted by atomic mass is 79.9. The minimum absolute atomic E-state index is 0.153. The number of aromatic nitrogens is 3. The highest BCUT2D eigenvalue weighted by Gasteiger charge is 2.04. The van der Waals surface area contributed by atoms with Crippen LogP contribution in [0.15, 0.2) is 28.7 Å². The van der Waals surface area contributed by atoms with Gasteiger partial charge in [-0.1, -0.05) is 15.9 Å². The lowest BCUT2D eigenvalue weighted by Crippen LogP contribution is -2.06. The molecule has 1 aromatic heterocycles. The molecule has 18 heavy (non-hydrogen) atoms. The van der Waals surface area contributed by atoms with Gasteiger partial charge in [0.15, 0.2) is 0 Å². The second kappa shape index (κ2) is 5.97. The summed E-state index contributed by atoms with van der Waals surface area (Å²) in [6, 6.07) is 7.68. The largest absolute Gasteiger partial charge is 0.354 e. The van der Waals surface area contributed by atoms with E-state index >= 15 is 0 Å². The minimum atomic E-state index is 0.153. The average molecular weight is 329 g/mol. The molecule has 2 aromatic rings. The second-order valence-electron chi connectivity index (χ2n) is 3.41. The fourth-order valence-corrected chi connectivity index (χ4v) is 1.73. The summed E-state index contributed by atoms with van der Waals surface area (Å²) in [5, 5.41) is 6.21. The number of hydrogen-bond acceptors (Lipinski definition) is 5. The van der Waals surface area contributed by atoms with E-state index in [1.165, 1.54) is 0 Å². The lowest BCUT2D eigenvalue weighted by molar-refractivity contribution is 1.02. The molecule has 0 saturated heterocycles. The van der Waals surface area contributed by atoms with Crippen LogP contribution in [0.3, 0.4) is 0 Å². The molecular formula is C11H11BrClN5. The van der Waals surface area contributed by atoms with E-state index in [-0.39, 0.29) is 5.28 Å². The van der Waals surface area contributed by atoms with Gasteiger partial charge in [-0.25, -0.2) is 0 Å². The van der Waals surface area contributed by atoms with Crippen molar-refractivity contribution in [3.8, 4) is 0 Å². The Hall–Kier alpha value is -1.40. The molecule has 0 bridgehead atoms. The lowest BCUT2D eigenvalue weighted by Gasteiger charge is -2.07. The Balaban J connectivity index is 2.20. The summed E-state index contributed by atoms with van der Waals surface area (Å²) in [5.74, 6) is 0.866. The third-order valence-corrected chi connectivity index (χ3v) is 2.74. The van der Waals surface area contributed by atoms with Crippen molar-refractivity contribution in [1.82, 2.24) is 15.0 Å². The summed E-state index contributed by atoms with van der Waals surface area (Å²) < 4.78 is 1.01. The van der Waals surface area contributed by atoms with Crippen LogP contribution in [0.1, 0.15) is 6.92 Å². The van der Waals surface area contributed by atoms with Gasteiger partial charge in [-0.05, 0) is 42.8 Å². The van der Waals surface area contributed by atoms with Gasteiger partial charge >= 0.3 is 0 Å². The van der Waals surface area contributed by atoms with Crippen molar-refractivity contribution < 1.29 is 0 Å². The van der Waals surface area contributed by atoms with Crippen LogP contribution < -0.4 is 10.6 Å². The van der Waals surface area contributed by atoms with E-state index in [4.69, 9.17) is 11.6 Å². The maximum Gasteiger partial charge on any atom is 0.233 e. The topological polar surface area (TPSA) is 62.7 Å². The fourth-order valence-electron chi connectivity index (χ4n) is 1.31. The first-order valence-electron chi connectivity index (χ1n) is 5.35. The summed E-state index contributed by atoms with van der Waals surface area (Å²) >= 11 is 9.20. The molecule has 1 aromatic carbocycles. The Labute approximate surface area is 118 Å². The molecule has 1 heterocycles. The maximum atomic E-state index is 5.83. The molecule has 0 saturated carbocycles. The van der Waals surface area contributed by atoms with E-state index in [0.717, 1.165) is 16.7 Å². The molecule has 2 rings (SSSR count). The molecule has 0 aliphatic carbocycles. The predicted molar refractivity (Wildman–Crippen MR) is 76.4 cm³/mol. The van der Waals surface area contributed by atoms with Crippen LogP contribution in [-0.2, 0) is 0 Å². The molecular weight excluding hydrogens is 318 g/mol. The first kappa shape index (κ1) is 13.0. The van der Waals surface area contributed by atoms with E-state index in [9.17, 15) is 0 Å². The number of nitrogens with one attached hydrogen (secondary N) is 2. The summed E-state index contributed by atoms with van der Waals surface area (Å²) in [7, 11) is 0. The zero-order chi connectivity index (χ0) is 13.0. The van der Waals surface area contributed by atoms with Gasteiger partial charge in [0.25, 0.3) is 0 Å². The highest BCUT2D eigenvalue weighted by Crippen LogP contribution is 2.18. The van der Waals surface area contributed by atoms with Gasteiger partial charge in [0.2, 0.25) is 17.2 Å². The summed E-state index contributed by atoms with van der Waals surface area (Å²) in [4.78, 5) is 12.2. The number of hydrogen-bond donors (Lipinski definition) is 2. The summed E-state index contributed by atoms with van der Waals surface area (Å²) in [6.07, 6.45) is 0. The Morgan fingerprint density at radius 3 is 2.44 bits per heavy atom. The number of benzene rings is 1. The molecule has 7 heteroatoms. The minimum Gasteiger partial charge on any atom is -0.354 e. The van der Waals surface area contributed by atoms with E-state index in [2.05, 4.69) is 41.5 Å². The monoisotopic (exact) mass is 327 g/mol. The van der Waals surface area contributed by atoms with Crippen molar-refractivity contribution in [3.63, 3.8) is 0 Å². The summed E-state index contributed by atoms with van der Waals surface area (Å²) in [6.45, 7) is 2.68. The molecule has 0 amide bonds. The fraction of sp³-hybridized carbons (Fsp3) is 0.182. The number of rotatable bonds is 4. The van der Waals surface area contributed by atoms with Crippen LogP contribution >= 0.6 is 27.5 Å². The SMILES string of the molecule is CCNc1nc(Cl)nc(Nc2ccc(Br)cc2)n1. The van der Waals surface area contributed by atoms with Crippen LogP contribution in [-0.4, -0.2) is 21.5 Å². The molecule has 0 atom stereocenters. The van der Waals surface area contributed by atoms with Crippen molar-refractivity contribution in [2.45, 2.75) is 6.92 Å². The molecule has 2 N–H and O–H groups in total. The number of halogens is 2. The first-order valence-corrected chi connectivity index (χ1v) is 6.52. The van der Waals surface area contributed by atoms with Gasteiger partial charge in [-0.3, -0.25) is 0 Å². The molecule has 0 radical (unpaired) electrons. The smallest absolute Gasteiger partial charge is 0.233 e. The zero-order valence-electron chi connectivity index (χ0n) is 9.61. The number of anilines is 3. The van der Waals surface area contributed by atoms with E-state index in [1.807, 2.05) is 31.2 Å². The van der Waals surface area contributed by atoms with E-state index in [1.54, 1.807) is 0 Å². The van der Waals surface area contributed by atoms with Crippen molar-refractivity contribution in [1.29, 1.82) is 0 Å². The van der Waals surface area contributed by atoms with E-state index < -0.39 is 0 Å². The third-order valence-electron chi connectivity index (χ3n) is 2.04. The highest BCUT2D eigenvalue weighted by molar-refractivity contribution is 9.10. The summed E-state index contributed by atoms with van der Waals surface area (Å²) in [5.41, 5.74) is 0.878. The van der Waals surface area contributed by atoms with Gasteiger partial charge in [0.05, 0.1) is 0 Å². The zero-order valence-corrected chi connectivity index (χ0v) is 12.0. The Kier molecular flexibility index (Phi) is 4.33. The molecule has 0 fully saturated rings. The van der Waals surface area contributed by atoms with Crippen molar-refractivity contribution in [2.75, 3.05) is 17.2 Å². The normalized spacial score (nSPS) is 10.2. The van der Waals surface area contributed by atoms with Gasteiger partial charge in [-0.15, -0.1) is 0 Å². The van der Waals surface area contributed by atoms with Crippen LogP contribution in [0.25, 0.3) is 0 Å². The Morgan fingerprint density at radius 1 is 1.11 bits per heavy atom. The van der Waals surface area contributed by atoms with Crippen LogP contribution in [0.2, 0.25) is 5.28 Å². The van der Waals surface area contributed by atoms with Crippen LogP contribution in [0, 0.1) is 0 Å². The van der Waals surface area contributed by atoms with Crippen molar-refractivity contribution in [2.24, 2.45) is 0 Å². The molecule has 94 valence electrons. The quantitative estimate of drug-likeness (QED) is 0.900. The van der Waals surface area contributed by atoms with Gasteiger partial charge < -0.3 is 10.6 Å². The molecule has 0 aliphatic rings. The van der Waals surface area contributed by atoms with Crippen molar-refractivity contribution in [3.05, 3.63) is 34.0 Å². The van der Waals surface area contributed by atoms with Gasteiger partial charge in [0.1, 0.15) is 0 Å². The van der Waals surface area contributed by atoms with Gasteiger partial charge in [0, 0.05) is 16.7 Å². The first-order chi connectivity index (χ1) is 8.67. The van der Waals surface area contributed by atoms with Crippen LogP contribution in [0.5, 0.6) is 0 Å². The number of nitrogens with zero attached hydrogens (tertiary/aromatic N) is 3. The third kappa shape index (κ3) is 3.54. The van der Waals surface area contributed by atoms with Crippen LogP contribution in [0.4, 0.5) is 17.6 Å². The van der Waals surface area contributed by atoms with Crippen molar-refractivity contribution >= 4 is 45.1 Å². The maximum absolute atomic E-state index is 5.83. The molecule has 0 unspecified atom stereocenters. The molecule has 5 nitrogen and oxygen atoms in total. The molecule has 0 spiro atoms. The standard InChI is InChI=1S/C11H11BrClN5/c1-2-14-10-16-9(13)17-11(18-10)15-8-5-3-7(12)4-6-8/h3-6H,2H2,1H3,(H2,14,15,16,17,18). The predicted octanol–water partition coefficient (Wildman–Crippen LogP) is 3.46. The lowest BCUT2D eigenvalue weighted by atomic mass is 10.3.